The van der Waals surface area contributed by atoms with E-state index in [4.69, 9.17) is 4.74 Å². The molecule has 0 radical (unpaired) electrons. The van der Waals surface area contributed by atoms with Gasteiger partial charge in [0, 0.05) is 12.2 Å². The Kier molecular flexibility index (Phi) is 6.00. The van der Waals surface area contributed by atoms with Crippen LogP contribution in [-0.4, -0.2) is 77.7 Å². The number of benzene rings is 1. The van der Waals surface area contributed by atoms with Gasteiger partial charge in [-0.25, -0.2) is 4.79 Å². The Balaban J connectivity index is 1.17. The van der Waals surface area contributed by atoms with Crippen LogP contribution in [0.3, 0.4) is 0 Å². The first-order valence-corrected chi connectivity index (χ1v) is 12.1. The largest absolute Gasteiger partial charge is 0.416 e. The lowest BCUT2D eigenvalue weighted by Crippen LogP contribution is -2.62. The second-order valence-electron chi connectivity index (χ2n) is 10.2. The molecule has 1 aliphatic carbocycles. The smallest absolute Gasteiger partial charge is 0.354 e. The van der Waals surface area contributed by atoms with Crippen LogP contribution in [0.1, 0.15) is 44.6 Å². The van der Waals surface area contributed by atoms with E-state index in [1.165, 1.54) is 42.7 Å². The van der Waals surface area contributed by atoms with Gasteiger partial charge in [-0.15, -0.1) is 0 Å². The van der Waals surface area contributed by atoms with Gasteiger partial charge >= 0.3 is 12.2 Å². The summed E-state index contributed by atoms with van der Waals surface area (Å²) >= 11 is 0. The summed E-state index contributed by atoms with van der Waals surface area (Å²) in [6.07, 6.45) is 1.08. The minimum absolute atomic E-state index is 0.0227. The molecular formula is C24H31F3N4O3. The Morgan fingerprint density at radius 2 is 1.94 bits per heavy atom. The summed E-state index contributed by atoms with van der Waals surface area (Å²) in [5.41, 5.74) is -0.183. The quantitative estimate of drug-likeness (QED) is 0.713. The number of carbonyl (C=O) groups is 2. The van der Waals surface area contributed by atoms with Gasteiger partial charge in [-0.3, -0.25) is 4.79 Å². The highest BCUT2D eigenvalue weighted by molar-refractivity contribution is 5.94. The molecule has 3 saturated heterocycles. The number of nitrogens with zero attached hydrogens (tertiary/aromatic N) is 3. The third-order valence-electron chi connectivity index (χ3n) is 7.97. The van der Waals surface area contributed by atoms with Crippen molar-refractivity contribution in [3.63, 3.8) is 0 Å². The van der Waals surface area contributed by atoms with E-state index in [1.807, 2.05) is 0 Å². The molecule has 34 heavy (non-hydrogen) atoms. The molecule has 1 aromatic rings. The number of hydrogen-bond donors (Lipinski definition) is 1. The van der Waals surface area contributed by atoms with E-state index in [1.54, 1.807) is 11.8 Å². The van der Waals surface area contributed by atoms with Gasteiger partial charge in [0.1, 0.15) is 6.04 Å². The van der Waals surface area contributed by atoms with Crippen molar-refractivity contribution >= 4 is 17.6 Å². The van der Waals surface area contributed by atoms with Gasteiger partial charge in [0.25, 0.3) is 0 Å². The van der Waals surface area contributed by atoms with Crippen molar-refractivity contribution < 1.29 is 27.5 Å². The fraction of sp³-hybridized carbons (Fsp3) is 0.667. The first-order chi connectivity index (χ1) is 16.2. The van der Waals surface area contributed by atoms with Crippen LogP contribution >= 0.6 is 0 Å². The molecule has 0 bridgehead atoms. The van der Waals surface area contributed by atoms with Gasteiger partial charge in [0.15, 0.2) is 6.23 Å². The zero-order valence-corrected chi connectivity index (χ0v) is 19.3. The van der Waals surface area contributed by atoms with Gasteiger partial charge in [0.05, 0.1) is 24.8 Å². The summed E-state index contributed by atoms with van der Waals surface area (Å²) in [5, 5.41) is 2.50. The first-order valence-electron chi connectivity index (χ1n) is 12.1. The van der Waals surface area contributed by atoms with Crippen LogP contribution in [0.4, 0.5) is 23.7 Å². The van der Waals surface area contributed by atoms with Crippen molar-refractivity contribution in [1.29, 1.82) is 0 Å². The maximum Gasteiger partial charge on any atom is 0.416 e. The Bertz CT molecular complexity index is 942. The molecule has 4 fully saturated rings. The third kappa shape index (κ3) is 4.62. The number of halogens is 3. The number of urea groups is 1. The summed E-state index contributed by atoms with van der Waals surface area (Å²) in [5.74, 6) is -0.187. The number of anilines is 1. The highest BCUT2D eigenvalue weighted by Gasteiger charge is 2.48. The molecule has 1 saturated carbocycles. The number of nitrogens with one attached hydrogen (secondary N) is 1. The number of amides is 3. The zero-order valence-electron chi connectivity index (χ0n) is 19.3. The number of ether oxygens (including phenoxy) is 1. The fourth-order valence-electron chi connectivity index (χ4n) is 5.46. The number of likely N-dealkylation sites (tertiary alicyclic amines) is 1. The molecule has 10 heteroatoms. The second-order valence-corrected chi connectivity index (χ2v) is 10.2. The molecule has 7 nitrogen and oxygen atoms in total. The van der Waals surface area contributed by atoms with E-state index in [0.717, 1.165) is 38.2 Å². The summed E-state index contributed by atoms with van der Waals surface area (Å²) in [4.78, 5) is 31.6. The minimum atomic E-state index is -4.50. The molecule has 1 aromatic carbocycles. The maximum atomic E-state index is 13.2. The molecule has 3 amide bonds. The molecule has 4 aliphatic rings. The van der Waals surface area contributed by atoms with Crippen molar-refractivity contribution in [3.05, 3.63) is 29.8 Å². The van der Waals surface area contributed by atoms with Crippen LogP contribution in [0, 0.1) is 5.41 Å². The number of fused-ring (bicyclic) bond motifs is 1. The molecule has 1 N–H and O–H groups in total. The number of carbonyl (C=O) groups excluding carboxylic acids is 2. The molecule has 186 valence electrons. The summed E-state index contributed by atoms with van der Waals surface area (Å²) in [6, 6.07) is 3.09. The molecule has 3 aliphatic heterocycles. The van der Waals surface area contributed by atoms with Crippen molar-refractivity contribution in [3.8, 4) is 0 Å². The van der Waals surface area contributed by atoms with Crippen LogP contribution < -0.4 is 5.32 Å². The SMILES string of the molecule is CC1C(=O)N2C(CCN3CCC4(CC3)CC4)COC2CN1C(=O)Nc1cccc(C(F)(F)F)c1. The standard InChI is InChI=1S/C24H31F3N4O3/c1-16-21(32)31-19(5-10-29-11-8-23(6-7-23)9-12-29)15-34-20(31)14-30(16)22(33)28-18-4-2-3-17(13-18)24(25,26)27/h2-4,13,16,19-20H,5-12,14-15H2,1H3,(H,28,33). The first kappa shape index (κ1) is 23.4. The van der Waals surface area contributed by atoms with E-state index >= 15 is 0 Å². The molecule has 5 rings (SSSR count). The number of rotatable bonds is 4. The van der Waals surface area contributed by atoms with Crippen LogP contribution in [-0.2, 0) is 15.7 Å². The third-order valence-corrected chi connectivity index (χ3v) is 7.97. The second kappa shape index (κ2) is 8.71. The normalized spacial score (nSPS) is 28.8. The lowest BCUT2D eigenvalue weighted by atomic mass is 9.93. The lowest BCUT2D eigenvalue weighted by Gasteiger charge is -2.42. The molecule has 3 atom stereocenters. The summed E-state index contributed by atoms with van der Waals surface area (Å²) in [6.45, 7) is 5.42. The van der Waals surface area contributed by atoms with E-state index in [2.05, 4.69) is 10.2 Å². The highest BCUT2D eigenvalue weighted by Crippen LogP contribution is 2.53. The molecular weight excluding hydrogens is 449 g/mol. The number of alkyl halides is 3. The van der Waals surface area contributed by atoms with Gasteiger partial charge in [0.2, 0.25) is 5.91 Å². The van der Waals surface area contributed by atoms with Crippen LogP contribution in [0.5, 0.6) is 0 Å². The minimum Gasteiger partial charge on any atom is -0.354 e. The van der Waals surface area contributed by atoms with Crippen molar-refractivity contribution in [2.75, 3.05) is 38.1 Å². The molecule has 0 aromatic heterocycles. The molecule has 3 heterocycles. The molecule has 3 unspecified atom stereocenters. The molecule has 1 spiro atoms. The maximum absolute atomic E-state index is 13.2. The van der Waals surface area contributed by atoms with Crippen LogP contribution in [0.2, 0.25) is 0 Å². The fourth-order valence-corrected chi connectivity index (χ4v) is 5.46. The van der Waals surface area contributed by atoms with E-state index in [0.29, 0.717) is 12.0 Å². The van der Waals surface area contributed by atoms with E-state index in [-0.39, 0.29) is 24.2 Å². The number of piperidine rings is 1. The Morgan fingerprint density at radius 1 is 1.21 bits per heavy atom. The Hall–Kier alpha value is -2.33. The van der Waals surface area contributed by atoms with E-state index in [9.17, 15) is 22.8 Å². The van der Waals surface area contributed by atoms with Crippen molar-refractivity contribution in [2.24, 2.45) is 5.41 Å². The average molecular weight is 481 g/mol. The Morgan fingerprint density at radius 3 is 2.62 bits per heavy atom. The van der Waals surface area contributed by atoms with Crippen molar-refractivity contribution in [1.82, 2.24) is 14.7 Å². The monoisotopic (exact) mass is 480 g/mol. The van der Waals surface area contributed by atoms with Gasteiger partial charge in [-0.1, -0.05) is 6.07 Å². The predicted molar refractivity (Wildman–Crippen MR) is 119 cm³/mol. The van der Waals surface area contributed by atoms with Crippen molar-refractivity contribution in [2.45, 2.75) is 63.5 Å². The number of hydrogen-bond acceptors (Lipinski definition) is 4. The van der Waals surface area contributed by atoms with Gasteiger partial charge in [-0.2, -0.15) is 13.2 Å². The van der Waals surface area contributed by atoms with Gasteiger partial charge in [-0.05, 0) is 75.7 Å². The van der Waals surface area contributed by atoms with Crippen LogP contribution in [0.25, 0.3) is 0 Å². The van der Waals surface area contributed by atoms with Gasteiger partial charge < -0.3 is 24.8 Å². The zero-order chi connectivity index (χ0) is 24.1. The lowest BCUT2D eigenvalue weighted by molar-refractivity contribution is -0.150. The highest BCUT2D eigenvalue weighted by atomic mass is 19.4. The Labute approximate surface area is 197 Å². The predicted octanol–water partition coefficient (Wildman–Crippen LogP) is 3.76. The van der Waals surface area contributed by atoms with Crippen LogP contribution in [0.15, 0.2) is 24.3 Å². The van der Waals surface area contributed by atoms with E-state index < -0.39 is 30.0 Å². The summed E-state index contributed by atoms with van der Waals surface area (Å²) < 4.78 is 44.8. The topological polar surface area (TPSA) is 65.1 Å². The average Bonchev–Trinajstić information content (AvgIpc) is 3.43. The summed E-state index contributed by atoms with van der Waals surface area (Å²) in [7, 11) is 0. The number of piperazine rings is 1.